The Labute approximate surface area is 202 Å². The molecule has 0 saturated carbocycles. The Hall–Kier alpha value is -3.16. The number of aryl methyl sites for hydroxylation is 1. The van der Waals surface area contributed by atoms with Crippen molar-refractivity contribution in [3.8, 4) is 11.8 Å². The van der Waals surface area contributed by atoms with E-state index in [0.717, 1.165) is 22.3 Å². The summed E-state index contributed by atoms with van der Waals surface area (Å²) in [5, 5.41) is 0. The van der Waals surface area contributed by atoms with Crippen LogP contribution in [0.15, 0.2) is 48.0 Å². The Kier molecular flexibility index (Phi) is 6.15. The molecule has 2 aromatic carbocycles. The highest BCUT2D eigenvalue weighted by atomic mass is 16.1. The van der Waals surface area contributed by atoms with Crippen LogP contribution in [0.4, 0.5) is 5.69 Å². The molecule has 0 N–H and O–H groups in total. The van der Waals surface area contributed by atoms with Crippen molar-refractivity contribution < 1.29 is 9.59 Å². The van der Waals surface area contributed by atoms with E-state index in [1.165, 1.54) is 31.4 Å². The minimum atomic E-state index is -0.144. The zero-order valence-corrected chi connectivity index (χ0v) is 20.4. The molecule has 2 saturated heterocycles. The van der Waals surface area contributed by atoms with E-state index in [9.17, 15) is 9.59 Å². The smallest absolute Gasteiger partial charge is 0.196 e. The van der Waals surface area contributed by atoms with Crippen LogP contribution in [0.1, 0.15) is 58.3 Å². The van der Waals surface area contributed by atoms with E-state index in [-0.39, 0.29) is 18.0 Å². The van der Waals surface area contributed by atoms with E-state index < -0.39 is 0 Å². The van der Waals surface area contributed by atoms with Crippen LogP contribution in [0.25, 0.3) is 0 Å². The molecular formula is C30H32N2O2. The van der Waals surface area contributed by atoms with Gasteiger partial charge in [-0.25, -0.2) is 0 Å². The van der Waals surface area contributed by atoms with Crippen molar-refractivity contribution in [2.75, 3.05) is 25.5 Å². The third kappa shape index (κ3) is 4.21. The predicted molar refractivity (Wildman–Crippen MR) is 136 cm³/mol. The summed E-state index contributed by atoms with van der Waals surface area (Å²) in [6.45, 7) is 2.60. The Balaban J connectivity index is 1.43. The number of Topliss-reactive ketones (excluding diaryl/α,β-unsaturated/α-hetero) is 2. The molecule has 1 aliphatic carbocycles. The monoisotopic (exact) mass is 452 g/mol. The summed E-state index contributed by atoms with van der Waals surface area (Å²) in [6, 6.07) is 13.5. The third-order valence-corrected chi connectivity index (χ3v) is 7.47. The molecule has 2 aliphatic heterocycles. The Morgan fingerprint density at radius 2 is 1.82 bits per heavy atom. The number of ketones is 2. The van der Waals surface area contributed by atoms with Crippen LogP contribution in [0.2, 0.25) is 0 Å². The maximum Gasteiger partial charge on any atom is 0.196 e. The highest BCUT2D eigenvalue weighted by Crippen LogP contribution is 2.41. The highest BCUT2D eigenvalue weighted by Gasteiger charge is 2.39. The van der Waals surface area contributed by atoms with Gasteiger partial charge in [0.2, 0.25) is 0 Å². The third-order valence-electron chi connectivity index (χ3n) is 7.47. The molecule has 5 rings (SSSR count). The van der Waals surface area contributed by atoms with Crippen LogP contribution in [0.5, 0.6) is 0 Å². The first kappa shape index (κ1) is 22.6. The lowest BCUT2D eigenvalue weighted by Crippen LogP contribution is -2.28. The van der Waals surface area contributed by atoms with Crippen LogP contribution < -0.4 is 4.90 Å². The quantitative estimate of drug-likeness (QED) is 0.494. The van der Waals surface area contributed by atoms with E-state index in [0.29, 0.717) is 36.2 Å². The molecule has 3 aliphatic rings. The number of benzene rings is 2. The van der Waals surface area contributed by atoms with Gasteiger partial charge in [-0.3, -0.25) is 14.5 Å². The van der Waals surface area contributed by atoms with Crippen LogP contribution in [0, 0.1) is 18.8 Å². The summed E-state index contributed by atoms with van der Waals surface area (Å²) in [5.74, 6) is 6.31. The zero-order chi connectivity index (χ0) is 23.8. The molecule has 0 spiro atoms. The summed E-state index contributed by atoms with van der Waals surface area (Å²) in [7, 11) is 4.00. The maximum absolute atomic E-state index is 13.3. The van der Waals surface area contributed by atoms with Gasteiger partial charge < -0.3 is 4.90 Å². The molecule has 2 bridgehead atoms. The maximum atomic E-state index is 13.3. The van der Waals surface area contributed by atoms with Gasteiger partial charge in [-0.05, 0) is 81.9 Å². The van der Waals surface area contributed by atoms with Gasteiger partial charge in [-0.1, -0.05) is 42.2 Å². The lowest BCUT2D eigenvalue weighted by Gasteiger charge is -2.25. The molecule has 0 atom stereocenters. The molecule has 0 radical (unpaired) electrons. The molecule has 0 unspecified atom stereocenters. The van der Waals surface area contributed by atoms with Crippen molar-refractivity contribution in [1.82, 2.24) is 4.90 Å². The fourth-order valence-electron chi connectivity index (χ4n) is 5.79. The number of carbonyl (C=O) groups excluding carboxylic acids is 2. The minimum Gasteiger partial charge on any atom is -0.366 e. The molecule has 2 aromatic rings. The normalized spacial score (nSPS) is 20.8. The highest BCUT2D eigenvalue weighted by molar-refractivity contribution is 6.28. The standard InChI is InChI=1S/C30H32N2O2/c1-20-6-4-7-21-10-16-27(30(34)29(20)21)28(33)19-23-9-11-26(18-22(23)8-5-17-31(2)3)32-24-12-13-25(32)15-14-24/h4,6-7,9,11,16,18,24-25H,10,12-15,17,19H2,1-3H3. The van der Waals surface area contributed by atoms with Crippen molar-refractivity contribution in [3.05, 3.63) is 75.9 Å². The number of rotatable bonds is 5. The number of carbonyl (C=O) groups is 2. The lowest BCUT2D eigenvalue weighted by atomic mass is 9.84. The van der Waals surface area contributed by atoms with Crippen molar-refractivity contribution >= 4 is 17.3 Å². The van der Waals surface area contributed by atoms with Crippen molar-refractivity contribution in [3.63, 3.8) is 0 Å². The summed E-state index contributed by atoms with van der Waals surface area (Å²) in [6.07, 6.45) is 7.69. The van der Waals surface area contributed by atoms with Gasteiger partial charge >= 0.3 is 0 Å². The van der Waals surface area contributed by atoms with Crippen LogP contribution in [-0.2, 0) is 17.6 Å². The molecule has 174 valence electrons. The SMILES string of the molecule is Cc1cccc2c1C(=O)C(C(=O)Cc1ccc(N3C4CCC3CC4)cc1C#CCN(C)C)=CC2. The van der Waals surface area contributed by atoms with Crippen molar-refractivity contribution in [2.24, 2.45) is 0 Å². The number of anilines is 1. The molecule has 0 aromatic heterocycles. The van der Waals surface area contributed by atoms with Gasteiger partial charge in [0.15, 0.2) is 11.6 Å². The fourth-order valence-corrected chi connectivity index (χ4v) is 5.79. The largest absolute Gasteiger partial charge is 0.366 e. The van der Waals surface area contributed by atoms with Crippen molar-refractivity contribution in [1.29, 1.82) is 0 Å². The number of hydrogen-bond donors (Lipinski definition) is 0. The van der Waals surface area contributed by atoms with E-state index in [1.807, 2.05) is 44.1 Å². The summed E-state index contributed by atoms with van der Waals surface area (Å²) in [5.41, 5.74) is 5.96. The van der Waals surface area contributed by atoms with Gasteiger partial charge in [0.05, 0.1) is 12.1 Å². The van der Waals surface area contributed by atoms with Gasteiger partial charge in [-0.15, -0.1) is 0 Å². The summed E-state index contributed by atoms with van der Waals surface area (Å²) >= 11 is 0. The average molecular weight is 453 g/mol. The second-order valence-electron chi connectivity index (χ2n) is 10.1. The number of nitrogens with zero attached hydrogens (tertiary/aromatic N) is 2. The summed E-state index contributed by atoms with van der Waals surface area (Å²) < 4.78 is 0. The predicted octanol–water partition coefficient (Wildman–Crippen LogP) is 4.52. The second-order valence-corrected chi connectivity index (χ2v) is 10.1. The fraction of sp³-hybridized carbons (Fsp3) is 0.400. The van der Waals surface area contributed by atoms with Crippen molar-refractivity contribution in [2.45, 2.75) is 57.5 Å². The van der Waals surface area contributed by atoms with Gasteiger partial charge in [-0.2, -0.15) is 0 Å². The summed E-state index contributed by atoms with van der Waals surface area (Å²) in [4.78, 5) is 31.1. The molecule has 2 heterocycles. The average Bonchev–Trinajstić information content (AvgIpc) is 3.41. The van der Waals surface area contributed by atoms with E-state index >= 15 is 0 Å². The van der Waals surface area contributed by atoms with Crippen LogP contribution >= 0.6 is 0 Å². The van der Waals surface area contributed by atoms with Crippen LogP contribution in [0.3, 0.4) is 0 Å². The minimum absolute atomic E-state index is 0.122. The Bertz CT molecular complexity index is 1220. The molecule has 4 nitrogen and oxygen atoms in total. The Morgan fingerprint density at radius 1 is 1.09 bits per heavy atom. The molecular weight excluding hydrogens is 420 g/mol. The molecule has 4 heteroatoms. The molecule has 34 heavy (non-hydrogen) atoms. The van der Waals surface area contributed by atoms with E-state index in [1.54, 1.807) is 6.08 Å². The number of allylic oxidation sites excluding steroid dienone is 2. The first-order chi connectivity index (χ1) is 16.4. The van der Waals surface area contributed by atoms with Gasteiger partial charge in [0.25, 0.3) is 0 Å². The Morgan fingerprint density at radius 3 is 2.53 bits per heavy atom. The van der Waals surface area contributed by atoms with Crippen LogP contribution in [-0.4, -0.2) is 49.2 Å². The number of hydrogen-bond acceptors (Lipinski definition) is 4. The van der Waals surface area contributed by atoms with E-state index in [4.69, 9.17) is 0 Å². The van der Waals surface area contributed by atoms with E-state index in [2.05, 4.69) is 34.9 Å². The van der Waals surface area contributed by atoms with Gasteiger partial charge in [0, 0.05) is 35.3 Å². The molecule has 2 fully saturated rings. The zero-order valence-electron chi connectivity index (χ0n) is 20.4. The second kappa shape index (κ2) is 9.24. The topological polar surface area (TPSA) is 40.6 Å². The molecule has 0 amide bonds. The first-order valence-electron chi connectivity index (χ1n) is 12.3. The van der Waals surface area contributed by atoms with Gasteiger partial charge in [0.1, 0.15) is 0 Å². The number of fused-ring (bicyclic) bond motifs is 3. The first-order valence-corrected chi connectivity index (χ1v) is 12.3. The lowest BCUT2D eigenvalue weighted by molar-refractivity contribution is -0.114.